The molecule has 2 aliphatic rings. The SMILES string of the molecule is Cc1ccc(S(=O)(=O)N2C(=O)[C@@H](c3ccc(Cl)cc3)[C@@]3(C=C2c2ccccc2)C(=O)N(C)c2ccccc23)cc1. The summed E-state index contributed by atoms with van der Waals surface area (Å²) in [6.45, 7) is 1.86. The fourth-order valence-electron chi connectivity index (χ4n) is 5.76. The zero-order chi connectivity index (χ0) is 28.2. The van der Waals surface area contributed by atoms with Gasteiger partial charge in [-0.25, -0.2) is 12.7 Å². The summed E-state index contributed by atoms with van der Waals surface area (Å²) in [4.78, 5) is 30.6. The van der Waals surface area contributed by atoms with E-state index in [-0.39, 0.29) is 16.5 Å². The Morgan fingerprint density at radius 3 is 2.10 bits per heavy atom. The smallest absolute Gasteiger partial charge is 0.270 e. The first-order chi connectivity index (χ1) is 19.2. The van der Waals surface area contributed by atoms with Crippen molar-refractivity contribution in [2.24, 2.45) is 0 Å². The Morgan fingerprint density at radius 2 is 1.43 bits per heavy atom. The number of amides is 2. The number of aryl methyl sites for hydroxylation is 1. The van der Waals surface area contributed by atoms with Gasteiger partial charge in [0.2, 0.25) is 11.8 Å². The van der Waals surface area contributed by atoms with E-state index in [1.54, 1.807) is 73.8 Å². The van der Waals surface area contributed by atoms with Crippen molar-refractivity contribution in [1.29, 1.82) is 0 Å². The number of hydrogen-bond donors (Lipinski definition) is 0. The Kier molecular flexibility index (Phi) is 6.16. The Bertz CT molecular complexity index is 1790. The van der Waals surface area contributed by atoms with E-state index in [0.29, 0.717) is 27.4 Å². The number of nitrogens with zero attached hydrogens (tertiary/aromatic N) is 2. The molecule has 0 aliphatic carbocycles. The molecule has 8 heteroatoms. The van der Waals surface area contributed by atoms with Crippen molar-refractivity contribution in [2.45, 2.75) is 23.2 Å². The van der Waals surface area contributed by atoms with E-state index in [4.69, 9.17) is 11.6 Å². The quantitative estimate of drug-likeness (QED) is 0.306. The van der Waals surface area contributed by atoms with Crippen LogP contribution in [0.15, 0.2) is 114 Å². The Morgan fingerprint density at radius 1 is 0.800 bits per heavy atom. The van der Waals surface area contributed by atoms with E-state index in [9.17, 15) is 18.0 Å². The lowest BCUT2D eigenvalue weighted by atomic mass is 9.65. The fraction of sp³-hybridized carbons (Fsp3) is 0.125. The summed E-state index contributed by atoms with van der Waals surface area (Å²) in [5, 5.41) is 0.459. The van der Waals surface area contributed by atoms with Gasteiger partial charge in [0, 0.05) is 17.8 Å². The Hall–Kier alpha value is -4.20. The molecule has 0 aromatic heterocycles. The van der Waals surface area contributed by atoms with Gasteiger partial charge < -0.3 is 4.90 Å². The molecule has 0 saturated heterocycles. The highest BCUT2D eigenvalue weighted by Gasteiger charge is 2.61. The van der Waals surface area contributed by atoms with Gasteiger partial charge in [0.1, 0.15) is 5.41 Å². The molecule has 2 aliphatic heterocycles. The van der Waals surface area contributed by atoms with Gasteiger partial charge in [0.25, 0.3) is 10.0 Å². The van der Waals surface area contributed by atoms with E-state index < -0.39 is 27.3 Å². The van der Waals surface area contributed by atoms with Crippen LogP contribution in [0.5, 0.6) is 0 Å². The van der Waals surface area contributed by atoms with E-state index >= 15 is 0 Å². The number of carbonyl (C=O) groups excluding carboxylic acids is 2. The molecule has 6 nitrogen and oxygen atoms in total. The van der Waals surface area contributed by atoms with Crippen molar-refractivity contribution in [3.8, 4) is 0 Å². The summed E-state index contributed by atoms with van der Waals surface area (Å²) in [7, 11) is -2.69. The number of halogens is 1. The minimum atomic E-state index is -4.36. The molecule has 0 unspecified atom stereocenters. The minimum absolute atomic E-state index is 0.0191. The molecule has 0 radical (unpaired) electrons. The molecule has 4 aromatic rings. The van der Waals surface area contributed by atoms with Gasteiger partial charge in [-0.1, -0.05) is 90.0 Å². The fourth-order valence-corrected chi connectivity index (χ4v) is 7.33. The molecule has 40 heavy (non-hydrogen) atoms. The minimum Gasteiger partial charge on any atom is -0.314 e. The normalized spacial score (nSPS) is 20.6. The van der Waals surface area contributed by atoms with Crippen LogP contribution in [0.3, 0.4) is 0 Å². The molecular weight excluding hydrogens is 544 g/mol. The second kappa shape index (κ2) is 9.47. The second-order valence-corrected chi connectivity index (χ2v) is 12.3. The maximum atomic E-state index is 14.8. The van der Waals surface area contributed by atoms with Crippen LogP contribution in [0.1, 0.15) is 28.2 Å². The van der Waals surface area contributed by atoms with Crippen LogP contribution in [0.2, 0.25) is 5.02 Å². The van der Waals surface area contributed by atoms with Crippen molar-refractivity contribution in [3.63, 3.8) is 0 Å². The summed E-state index contributed by atoms with van der Waals surface area (Å²) >= 11 is 6.19. The molecule has 2 heterocycles. The van der Waals surface area contributed by atoms with E-state index in [2.05, 4.69) is 0 Å². The van der Waals surface area contributed by atoms with Gasteiger partial charge in [-0.3, -0.25) is 9.59 Å². The van der Waals surface area contributed by atoms with Crippen LogP contribution >= 0.6 is 11.6 Å². The van der Waals surface area contributed by atoms with Crippen LogP contribution in [0, 0.1) is 6.92 Å². The van der Waals surface area contributed by atoms with Gasteiger partial charge in [-0.05, 0) is 60.0 Å². The average Bonchev–Trinajstić information content (AvgIpc) is 3.16. The maximum Gasteiger partial charge on any atom is 0.270 e. The number of fused-ring (bicyclic) bond motifs is 2. The maximum absolute atomic E-state index is 14.8. The molecule has 2 atom stereocenters. The molecule has 1 spiro atoms. The van der Waals surface area contributed by atoms with E-state index in [1.165, 1.54) is 17.0 Å². The monoisotopic (exact) mass is 568 g/mol. The van der Waals surface area contributed by atoms with Gasteiger partial charge >= 0.3 is 0 Å². The molecular formula is C32H25ClN2O4S. The Labute approximate surface area is 238 Å². The molecule has 0 fully saturated rings. The predicted molar refractivity (Wildman–Crippen MR) is 155 cm³/mol. The standard InChI is InChI=1S/C32H25ClN2O4S/c1-21-12-18-25(19-13-21)40(38,39)35-28(22-8-4-3-5-9-22)20-32(26-10-6-7-11-27(26)34(2)31(32)37)29(30(35)36)23-14-16-24(33)17-15-23/h3-20,29H,1-2H3/t29-,32+/m1/s1. The predicted octanol–water partition coefficient (Wildman–Crippen LogP) is 5.92. The number of anilines is 1. The number of rotatable bonds is 4. The van der Waals surface area contributed by atoms with Gasteiger partial charge in [-0.2, -0.15) is 0 Å². The van der Waals surface area contributed by atoms with Crippen LogP contribution in [0.4, 0.5) is 5.69 Å². The van der Waals surface area contributed by atoms with Crippen LogP contribution in [-0.2, 0) is 25.0 Å². The number of sulfonamides is 1. The molecule has 4 aromatic carbocycles. The molecule has 0 N–H and O–H groups in total. The molecule has 6 rings (SSSR count). The highest BCUT2D eigenvalue weighted by atomic mass is 35.5. The number of benzene rings is 4. The zero-order valence-corrected chi connectivity index (χ0v) is 23.4. The highest BCUT2D eigenvalue weighted by molar-refractivity contribution is 7.90. The van der Waals surface area contributed by atoms with Crippen molar-refractivity contribution < 1.29 is 18.0 Å². The number of para-hydroxylation sites is 1. The third-order valence-electron chi connectivity index (χ3n) is 7.69. The third kappa shape index (κ3) is 3.80. The average molecular weight is 569 g/mol. The third-order valence-corrected chi connectivity index (χ3v) is 9.66. The topological polar surface area (TPSA) is 74.8 Å². The van der Waals surface area contributed by atoms with E-state index in [1.807, 2.05) is 37.3 Å². The van der Waals surface area contributed by atoms with E-state index in [0.717, 1.165) is 9.87 Å². The molecule has 0 bridgehead atoms. The molecule has 2 amide bonds. The summed E-state index contributed by atoms with van der Waals surface area (Å²) in [6, 6.07) is 29.1. The lowest BCUT2D eigenvalue weighted by Gasteiger charge is -2.42. The van der Waals surface area contributed by atoms with Crippen molar-refractivity contribution in [1.82, 2.24) is 4.31 Å². The van der Waals surface area contributed by atoms with Crippen LogP contribution < -0.4 is 4.90 Å². The lowest BCUT2D eigenvalue weighted by Crippen LogP contribution is -2.53. The zero-order valence-electron chi connectivity index (χ0n) is 21.8. The summed E-state index contributed by atoms with van der Waals surface area (Å²) in [5.74, 6) is -2.21. The lowest BCUT2D eigenvalue weighted by molar-refractivity contribution is -0.133. The number of likely N-dealkylation sites (N-methyl/N-ethyl adjacent to an activating group) is 1. The number of hydrogen-bond acceptors (Lipinski definition) is 4. The Balaban J connectivity index is 1.71. The number of carbonyl (C=O) groups is 2. The highest BCUT2D eigenvalue weighted by Crippen LogP contribution is 2.55. The summed E-state index contributed by atoms with van der Waals surface area (Å²) < 4.78 is 29.4. The van der Waals surface area contributed by atoms with Gasteiger partial charge in [0.05, 0.1) is 16.5 Å². The first-order valence-corrected chi connectivity index (χ1v) is 14.6. The van der Waals surface area contributed by atoms with Crippen molar-refractivity contribution in [3.05, 3.63) is 136 Å². The second-order valence-electron chi connectivity index (χ2n) is 10.1. The van der Waals surface area contributed by atoms with Crippen molar-refractivity contribution >= 4 is 44.8 Å². The molecule has 0 saturated carbocycles. The first kappa shape index (κ1) is 26.0. The molecule has 200 valence electrons. The van der Waals surface area contributed by atoms with Crippen LogP contribution in [0.25, 0.3) is 5.70 Å². The summed E-state index contributed by atoms with van der Waals surface area (Å²) in [5.41, 5.74) is 1.82. The first-order valence-electron chi connectivity index (χ1n) is 12.7. The van der Waals surface area contributed by atoms with Gasteiger partial charge in [-0.15, -0.1) is 0 Å². The van der Waals surface area contributed by atoms with Crippen LogP contribution in [-0.4, -0.2) is 31.6 Å². The van der Waals surface area contributed by atoms with Gasteiger partial charge in [0.15, 0.2) is 0 Å². The summed E-state index contributed by atoms with van der Waals surface area (Å²) in [6.07, 6.45) is 1.67. The largest absolute Gasteiger partial charge is 0.314 e. The van der Waals surface area contributed by atoms with Crippen molar-refractivity contribution in [2.75, 3.05) is 11.9 Å².